The first-order valence-corrected chi connectivity index (χ1v) is 5.11. The first-order chi connectivity index (χ1) is 6.09. The van der Waals surface area contributed by atoms with E-state index in [9.17, 15) is 0 Å². The van der Waals surface area contributed by atoms with Gasteiger partial charge in [-0.1, -0.05) is 17.7 Å². The van der Waals surface area contributed by atoms with Crippen LogP contribution in [0.2, 0.25) is 5.02 Å². The van der Waals surface area contributed by atoms with Gasteiger partial charge in [0.1, 0.15) is 0 Å². The van der Waals surface area contributed by atoms with E-state index in [0.29, 0.717) is 0 Å². The summed E-state index contributed by atoms with van der Waals surface area (Å²) in [6.45, 7) is 0.808. The average molecular weight is 264 g/mol. The van der Waals surface area contributed by atoms with E-state index in [1.165, 1.54) is 5.56 Å². The van der Waals surface area contributed by atoms with Gasteiger partial charge in [-0.05, 0) is 33.6 Å². The predicted octanol–water partition coefficient (Wildman–Crippen LogP) is 2.67. The number of rotatable bonds is 3. The molecule has 0 aliphatic rings. The summed E-state index contributed by atoms with van der Waals surface area (Å²) in [6, 6.07) is 5.90. The Balaban J connectivity index is 2.63. The predicted molar refractivity (Wildman–Crippen MR) is 59.7 cm³/mol. The van der Waals surface area contributed by atoms with E-state index in [1.807, 2.05) is 37.3 Å². The highest BCUT2D eigenvalue weighted by atomic mass is 79.9. The van der Waals surface area contributed by atoms with E-state index >= 15 is 0 Å². The topological polar surface area (TPSA) is 15.3 Å². The van der Waals surface area contributed by atoms with Crippen molar-refractivity contribution >= 4 is 27.5 Å². The lowest BCUT2D eigenvalue weighted by Crippen LogP contribution is -2.29. The van der Waals surface area contributed by atoms with Crippen LogP contribution in [0.15, 0.2) is 22.7 Å². The molecule has 1 N–H and O–H groups in total. The summed E-state index contributed by atoms with van der Waals surface area (Å²) < 4.78 is 0.937. The summed E-state index contributed by atoms with van der Waals surface area (Å²) in [7, 11) is 3.93. The molecule has 1 rings (SSSR count). The number of nitrogens with zero attached hydrogens (tertiary/aromatic N) is 1. The number of hydrazine groups is 1. The first-order valence-electron chi connectivity index (χ1n) is 3.94. The van der Waals surface area contributed by atoms with Gasteiger partial charge in [0.05, 0.1) is 5.02 Å². The van der Waals surface area contributed by atoms with Gasteiger partial charge in [0.25, 0.3) is 0 Å². The Kier molecular flexibility index (Phi) is 4.19. The third-order valence-corrected chi connectivity index (χ3v) is 2.80. The van der Waals surface area contributed by atoms with Crippen LogP contribution in [0.3, 0.4) is 0 Å². The second-order valence-corrected chi connectivity index (χ2v) is 4.24. The van der Waals surface area contributed by atoms with Gasteiger partial charge in [0.15, 0.2) is 0 Å². The first kappa shape index (κ1) is 11.0. The van der Waals surface area contributed by atoms with E-state index in [-0.39, 0.29) is 0 Å². The Morgan fingerprint density at radius 2 is 2.15 bits per heavy atom. The van der Waals surface area contributed by atoms with Crippen molar-refractivity contribution in [2.45, 2.75) is 6.54 Å². The Hall–Kier alpha value is -0.0900. The number of nitrogens with one attached hydrogen (secondary N) is 1. The maximum Gasteiger partial charge on any atom is 0.0548 e. The van der Waals surface area contributed by atoms with Gasteiger partial charge in [0, 0.05) is 25.1 Å². The van der Waals surface area contributed by atoms with Gasteiger partial charge >= 0.3 is 0 Å². The highest BCUT2D eigenvalue weighted by molar-refractivity contribution is 9.10. The summed E-state index contributed by atoms with van der Waals surface area (Å²) >= 11 is 9.25. The van der Waals surface area contributed by atoms with Gasteiger partial charge in [-0.15, -0.1) is 0 Å². The standard InChI is InChI=1S/C9H12BrClN2/c1-13(2)12-6-7-3-4-9(11)8(10)5-7/h3-5,12H,6H2,1-2H3. The van der Waals surface area contributed by atoms with Crippen LogP contribution in [0.1, 0.15) is 5.56 Å². The van der Waals surface area contributed by atoms with E-state index in [4.69, 9.17) is 11.6 Å². The van der Waals surface area contributed by atoms with Gasteiger partial charge < -0.3 is 0 Å². The minimum Gasteiger partial charge on any atom is -0.251 e. The van der Waals surface area contributed by atoms with Crippen molar-refractivity contribution in [3.63, 3.8) is 0 Å². The molecule has 13 heavy (non-hydrogen) atoms. The van der Waals surface area contributed by atoms with Crippen LogP contribution in [0.25, 0.3) is 0 Å². The molecule has 0 amide bonds. The molecule has 0 aromatic heterocycles. The lowest BCUT2D eigenvalue weighted by atomic mass is 10.2. The molecule has 0 saturated carbocycles. The summed E-state index contributed by atoms with van der Waals surface area (Å²) in [5.41, 5.74) is 4.38. The monoisotopic (exact) mass is 262 g/mol. The highest BCUT2D eigenvalue weighted by Gasteiger charge is 1.98. The van der Waals surface area contributed by atoms with Crippen LogP contribution in [0, 0.1) is 0 Å². The van der Waals surface area contributed by atoms with Crippen LogP contribution in [0.5, 0.6) is 0 Å². The van der Waals surface area contributed by atoms with Gasteiger partial charge in [0.2, 0.25) is 0 Å². The van der Waals surface area contributed by atoms with Crippen LogP contribution in [-0.4, -0.2) is 19.1 Å². The molecule has 0 bridgehead atoms. The number of hydrogen-bond donors (Lipinski definition) is 1. The molecular weight excluding hydrogens is 251 g/mol. The molecule has 1 aromatic rings. The fourth-order valence-electron chi connectivity index (χ4n) is 0.899. The third kappa shape index (κ3) is 3.65. The molecule has 72 valence electrons. The zero-order chi connectivity index (χ0) is 9.84. The smallest absolute Gasteiger partial charge is 0.0548 e. The van der Waals surface area contributed by atoms with Gasteiger partial charge in [-0.2, -0.15) is 0 Å². The van der Waals surface area contributed by atoms with Crippen LogP contribution in [0.4, 0.5) is 0 Å². The number of hydrogen-bond acceptors (Lipinski definition) is 2. The third-order valence-electron chi connectivity index (χ3n) is 1.58. The van der Waals surface area contributed by atoms with Crippen molar-refractivity contribution in [3.8, 4) is 0 Å². The van der Waals surface area contributed by atoms with Crippen molar-refractivity contribution in [1.29, 1.82) is 0 Å². The normalized spacial score (nSPS) is 10.8. The van der Waals surface area contributed by atoms with E-state index in [2.05, 4.69) is 21.4 Å². The fraction of sp³-hybridized carbons (Fsp3) is 0.333. The summed E-state index contributed by atoms with van der Waals surface area (Å²) in [6.07, 6.45) is 0. The second-order valence-electron chi connectivity index (χ2n) is 2.98. The molecule has 0 radical (unpaired) electrons. The maximum atomic E-state index is 5.87. The van der Waals surface area contributed by atoms with Crippen LogP contribution >= 0.6 is 27.5 Å². The van der Waals surface area contributed by atoms with Crippen LogP contribution in [-0.2, 0) is 6.54 Å². The Labute approximate surface area is 92.0 Å². The Bertz CT molecular complexity index is 289. The fourth-order valence-corrected chi connectivity index (χ4v) is 1.44. The molecule has 0 aliphatic heterocycles. The van der Waals surface area contributed by atoms with E-state index < -0.39 is 0 Å². The van der Waals surface area contributed by atoms with Crippen molar-refractivity contribution in [3.05, 3.63) is 33.3 Å². The van der Waals surface area contributed by atoms with Gasteiger partial charge in [-0.25, -0.2) is 0 Å². The van der Waals surface area contributed by atoms with Crippen molar-refractivity contribution in [1.82, 2.24) is 10.4 Å². The number of benzene rings is 1. The van der Waals surface area contributed by atoms with Crippen molar-refractivity contribution in [2.75, 3.05) is 14.1 Å². The molecule has 2 nitrogen and oxygen atoms in total. The van der Waals surface area contributed by atoms with Crippen molar-refractivity contribution in [2.24, 2.45) is 0 Å². The van der Waals surface area contributed by atoms with E-state index in [1.54, 1.807) is 0 Å². The Morgan fingerprint density at radius 3 is 2.69 bits per heavy atom. The number of halogens is 2. The quantitative estimate of drug-likeness (QED) is 0.844. The molecule has 0 heterocycles. The Morgan fingerprint density at radius 1 is 1.46 bits per heavy atom. The molecule has 0 fully saturated rings. The summed E-state index contributed by atoms with van der Waals surface area (Å²) in [4.78, 5) is 0. The zero-order valence-electron chi connectivity index (χ0n) is 7.64. The second kappa shape index (κ2) is 4.96. The van der Waals surface area contributed by atoms with Crippen molar-refractivity contribution < 1.29 is 0 Å². The molecule has 0 atom stereocenters. The molecule has 0 unspecified atom stereocenters. The minimum absolute atomic E-state index is 0.744. The maximum absolute atomic E-state index is 5.87. The lowest BCUT2D eigenvalue weighted by molar-refractivity contribution is 0.286. The summed E-state index contributed by atoms with van der Waals surface area (Å²) in [5, 5.41) is 2.66. The molecule has 0 saturated heterocycles. The SMILES string of the molecule is CN(C)NCc1ccc(Cl)c(Br)c1. The molecule has 0 aliphatic carbocycles. The average Bonchev–Trinajstić information content (AvgIpc) is 2.07. The molecular formula is C9H12BrClN2. The van der Waals surface area contributed by atoms with E-state index in [0.717, 1.165) is 16.0 Å². The highest BCUT2D eigenvalue weighted by Crippen LogP contribution is 2.22. The lowest BCUT2D eigenvalue weighted by Gasteiger charge is -2.11. The zero-order valence-corrected chi connectivity index (χ0v) is 9.98. The minimum atomic E-state index is 0.744. The molecule has 0 spiro atoms. The van der Waals surface area contributed by atoms with Crippen LogP contribution < -0.4 is 5.43 Å². The molecule has 1 aromatic carbocycles. The van der Waals surface area contributed by atoms with Gasteiger partial charge in [-0.3, -0.25) is 10.4 Å². The largest absolute Gasteiger partial charge is 0.251 e. The molecule has 4 heteroatoms. The summed E-state index contributed by atoms with van der Waals surface area (Å²) in [5.74, 6) is 0.